The summed E-state index contributed by atoms with van der Waals surface area (Å²) in [6.45, 7) is 4.26. The van der Waals surface area contributed by atoms with E-state index in [-0.39, 0.29) is 0 Å². The molecule has 0 aromatic carbocycles. The summed E-state index contributed by atoms with van der Waals surface area (Å²) in [5, 5.41) is 0. The number of ether oxygens (including phenoxy) is 1. The van der Waals surface area contributed by atoms with Crippen LogP contribution in [0.4, 0.5) is 0 Å². The largest absolute Gasteiger partial charge is 0.481 e. The van der Waals surface area contributed by atoms with Gasteiger partial charge in [0.05, 0.1) is 7.11 Å². The van der Waals surface area contributed by atoms with Crippen LogP contribution in [0.1, 0.15) is 25.5 Å². The fourth-order valence-corrected chi connectivity index (χ4v) is 1.30. The number of hydrogen-bond acceptors (Lipinski definition) is 2. The normalized spacial score (nSPS) is 15.1. The molecule has 0 saturated carbocycles. The van der Waals surface area contributed by atoms with Crippen LogP contribution in [0.15, 0.2) is 18.2 Å². The van der Waals surface area contributed by atoms with Crippen LogP contribution in [0.25, 0.3) is 0 Å². The molecule has 0 aliphatic rings. The van der Waals surface area contributed by atoms with Gasteiger partial charge in [-0.3, -0.25) is 0 Å². The van der Waals surface area contributed by atoms with Crippen molar-refractivity contribution < 1.29 is 4.74 Å². The number of alkyl halides is 1. The molecule has 0 amide bonds. The zero-order chi connectivity index (χ0) is 9.84. The summed E-state index contributed by atoms with van der Waals surface area (Å²) in [6.07, 6.45) is 0. The first kappa shape index (κ1) is 10.5. The number of methoxy groups -OCH3 is 1. The molecule has 1 rings (SSSR count). The van der Waals surface area contributed by atoms with Crippen molar-refractivity contribution in [1.29, 1.82) is 0 Å². The molecule has 0 N–H and O–H groups in total. The molecule has 0 radical (unpaired) electrons. The van der Waals surface area contributed by atoms with Gasteiger partial charge in [-0.15, -0.1) is 0 Å². The SMILES string of the molecule is COc1cccc(C(C)C(C)Br)n1. The van der Waals surface area contributed by atoms with Gasteiger partial charge in [0.2, 0.25) is 5.88 Å². The van der Waals surface area contributed by atoms with E-state index in [2.05, 4.69) is 34.8 Å². The monoisotopic (exact) mass is 243 g/mol. The van der Waals surface area contributed by atoms with Gasteiger partial charge in [-0.2, -0.15) is 0 Å². The number of nitrogens with zero attached hydrogens (tertiary/aromatic N) is 1. The lowest BCUT2D eigenvalue weighted by Gasteiger charge is -2.13. The molecule has 1 aromatic heterocycles. The summed E-state index contributed by atoms with van der Waals surface area (Å²) in [7, 11) is 1.63. The van der Waals surface area contributed by atoms with Gasteiger partial charge in [-0.05, 0) is 6.07 Å². The summed E-state index contributed by atoms with van der Waals surface area (Å²) in [6, 6.07) is 5.84. The maximum atomic E-state index is 5.06. The Bertz CT molecular complexity index is 275. The van der Waals surface area contributed by atoms with E-state index in [0.717, 1.165) is 5.69 Å². The Morgan fingerprint density at radius 1 is 1.38 bits per heavy atom. The first-order valence-corrected chi connectivity index (χ1v) is 5.21. The molecular formula is C10H14BrNO. The van der Waals surface area contributed by atoms with E-state index in [4.69, 9.17) is 4.74 Å². The fraction of sp³-hybridized carbons (Fsp3) is 0.500. The van der Waals surface area contributed by atoms with Crippen LogP contribution in [-0.2, 0) is 0 Å². The van der Waals surface area contributed by atoms with Gasteiger partial charge < -0.3 is 4.74 Å². The summed E-state index contributed by atoms with van der Waals surface area (Å²) in [5.74, 6) is 1.08. The van der Waals surface area contributed by atoms with Crippen molar-refractivity contribution in [2.75, 3.05) is 7.11 Å². The van der Waals surface area contributed by atoms with Crippen LogP contribution in [0, 0.1) is 0 Å². The number of pyridine rings is 1. The third-order valence-electron chi connectivity index (χ3n) is 2.11. The number of hydrogen-bond donors (Lipinski definition) is 0. The Kier molecular flexibility index (Phi) is 3.72. The van der Waals surface area contributed by atoms with Gasteiger partial charge in [0.1, 0.15) is 0 Å². The van der Waals surface area contributed by atoms with E-state index in [0.29, 0.717) is 16.6 Å². The Hall–Kier alpha value is -0.570. The van der Waals surface area contributed by atoms with Crippen LogP contribution in [-0.4, -0.2) is 16.9 Å². The quantitative estimate of drug-likeness (QED) is 0.762. The van der Waals surface area contributed by atoms with E-state index in [1.807, 2.05) is 18.2 Å². The van der Waals surface area contributed by atoms with Crippen molar-refractivity contribution in [2.45, 2.75) is 24.6 Å². The predicted molar refractivity (Wildman–Crippen MR) is 57.6 cm³/mol. The van der Waals surface area contributed by atoms with Crippen LogP contribution in [0.2, 0.25) is 0 Å². The first-order chi connectivity index (χ1) is 6.15. The number of rotatable bonds is 3. The van der Waals surface area contributed by atoms with Crippen molar-refractivity contribution in [3.63, 3.8) is 0 Å². The lowest BCUT2D eigenvalue weighted by molar-refractivity contribution is 0.395. The third-order valence-corrected chi connectivity index (χ3v) is 2.90. The molecule has 1 heterocycles. The van der Waals surface area contributed by atoms with E-state index in [1.54, 1.807) is 7.11 Å². The molecule has 2 unspecified atom stereocenters. The van der Waals surface area contributed by atoms with Gasteiger partial charge in [0.25, 0.3) is 0 Å². The lowest BCUT2D eigenvalue weighted by Crippen LogP contribution is -2.06. The topological polar surface area (TPSA) is 22.1 Å². The Morgan fingerprint density at radius 3 is 2.62 bits per heavy atom. The van der Waals surface area contributed by atoms with E-state index < -0.39 is 0 Å². The van der Waals surface area contributed by atoms with E-state index in [9.17, 15) is 0 Å². The van der Waals surface area contributed by atoms with Gasteiger partial charge in [-0.1, -0.05) is 35.8 Å². The highest BCUT2D eigenvalue weighted by atomic mass is 79.9. The van der Waals surface area contributed by atoms with Gasteiger partial charge >= 0.3 is 0 Å². The molecule has 0 fully saturated rings. The first-order valence-electron chi connectivity index (χ1n) is 4.30. The molecule has 2 nitrogen and oxygen atoms in total. The van der Waals surface area contributed by atoms with Crippen LogP contribution >= 0.6 is 15.9 Å². The van der Waals surface area contributed by atoms with Crippen molar-refractivity contribution >= 4 is 15.9 Å². The predicted octanol–water partition coefficient (Wildman–Crippen LogP) is 2.98. The highest BCUT2D eigenvalue weighted by Gasteiger charge is 2.12. The second-order valence-corrected chi connectivity index (χ2v) is 4.52. The summed E-state index contributed by atoms with van der Waals surface area (Å²) in [5.41, 5.74) is 1.06. The molecule has 3 heteroatoms. The molecule has 0 aliphatic carbocycles. The maximum Gasteiger partial charge on any atom is 0.213 e. The molecule has 0 aliphatic heterocycles. The molecule has 1 aromatic rings. The van der Waals surface area contributed by atoms with E-state index >= 15 is 0 Å². The molecule has 0 bridgehead atoms. The standard InChI is InChI=1S/C10H14BrNO/c1-7(8(2)11)9-5-4-6-10(12-9)13-3/h4-8H,1-3H3. The van der Waals surface area contributed by atoms with Crippen molar-refractivity contribution in [1.82, 2.24) is 4.98 Å². The second kappa shape index (κ2) is 4.61. The molecule has 0 saturated heterocycles. The number of halogens is 1. The molecule has 72 valence electrons. The Morgan fingerprint density at radius 2 is 2.08 bits per heavy atom. The second-order valence-electron chi connectivity index (χ2n) is 3.07. The summed E-state index contributed by atoms with van der Waals surface area (Å²) >= 11 is 3.54. The van der Waals surface area contributed by atoms with Crippen LogP contribution in [0.3, 0.4) is 0 Å². The van der Waals surface area contributed by atoms with Gasteiger partial charge in [-0.25, -0.2) is 4.98 Å². The Labute approximate surface area is 87.5 Å². The highest BCUT2D eigenvalue weighted by molar-refractivity contribution is 9.09. The average Bonchev–Trinajstić information content (AvgIpc) is 2.16. The third kappa shape index (κ3) is 2.69. The van der Waals surface area contributed by atoms with Gasteiger partial charge in [0, 0.05) is 22.5 Å². The minimum absolute atomic E-state index is 0.398. The molecule has 13 heavy (non-hydrogen) atoms. The van der Waals surface area contributed by atoms with Gasteiger partial charge in [0.15, 0.2) is 0 Å². The average molecular weight is 244 g/mol. The smallest absolute Gasteiger partial charge is 0.213 e. The minimum Gasteiger partial charge on any atom is -0.481 e. The van der Waals surface area contributed by atoms with Crippen molar-refractivity contribution in [3.05, 3.63) is 23.9 Å². The lowest BCUT2D eigenvalue weighted by atomic mass is 10.0. The van der Waals surface area contributed by atoms with Crippen LogP contribution in [0.5, 0.6) is 5.88 Å². The molecular weight excluding hydrogens is 230 g/mol. The zero-order valence-corrected chi connectivity index (χ0v) is 9.71. The van der Waals surface area contributed by atoms with Crippen LogP contribution < -0.4 is 4.74 Å². The summed E-state index contributed by atoms with van der Waals surface area (Å²) in [4.78, 5) is 4.78. The zero-order valence-electron chi connectivity index (χ0n) is 8.12. The van der Waals surface area contributed by atoms with Crippen molar-refractivity contribution in [2.24, 2.45) is 0 Å². The van der Waals surface area contributed by atoms with E-state index in [1.165, 1.54) is 0 Å². The molecule has 0 spiro atoms. The summed E-state index contributed by atoms with van der Waals surface area (Å²) < 4.78 is 5.06. The maximum absolute atomic E-state index is 5.06. The minimum atomic E-state index is 0.398. The molecule has 2 atom stereocenters. The highest BCUT2D eigenvalue weighted by Crippen LogP contribution is 2.23. The number of aromatic nitrogens is 1. The Balaban J connectivity index is 2.88. The van der Waals surface area contributed by atoms with Crippen molar-refractivity contribution in [3.8, 4) is 5.88 Å². The fourth-order valence-electron chi connectivity index (χ4n) is 1.03.